The summed E-state index contributed by atoms with van der Waals surface area (Å²) in [4.78, 5) is 23.5. The highest BCUT2D eigenvalue weighted by Crippen LogP contribution is 2.18. The van der Waals surface area contributed by atoms with Gasteiger partial charge >= 0.3 is 5.97 Å². The number of methoxy groups -OCH3 is 1. The Hall–Kier alpha value is -1.84. The van der Waals surface area contributed by atoms with Crippen molar-refractivity contribution in [2.24, 2.45) is 0 Å². The summed E-state index contributed by atoms with van der Waals surface area (Å²) in [5.41, 5.74) is 0.910. The third-order valence-electron chi connectivity index (χ3n) is 3.49. The summed E-state index contributed by atoms with van der Waals surface area (Å²) in [6, 6.07) is 6.89. The molecule has 1 aromatic rings. The van der Waals surface area contributed by atoms with E-state index in [-0.39, 0.29) is 11.9 Å². The van der Waals surface area contributed by atoms with Gasteiger partial charge in [-0.15, -0.1) is 0 Å². The maximum absolute atomic E-state index is 12.1. The van der Waals surface area contributed by atoms with Gasteiger partial charge in [0, 0.05) is 11.6 Å². The molecule has 0 unspecified atom stereocenters. The third-order valence-corrected chi connectivity index (χ3v) is 3.49. The lowest BCUT2D eigenvalue weighted by atomic mass is 9.95. The number of nitrogens with one attached hydrogen (secondary N) is 1. The van der Waals surface area contributed by atoms with E-state index < -0.39 is 5.97 Å². The Kier molecular flexibility index (Phi) is 4.55. The van der Waals surface area contributed by atoms with Crippen molar-refractivity contribution in [3.8, 4) is 0 Å². The van der Waals surface area contributed by atoms with Crippen LogP contribution >= 0.6 is 0 Å². The molecule has 102 valence electrons. The lowest BCUT2D eigenvalue weighted by Crippen LogP contribution is -2.36. The van der Waals surface area contributed by atoms with E-state index in [9.17, 15) is 9.59 Å². The second kappa shape index (κ2) is 6.36. The highest BCUT2D eigenvalue weighted by molar-refractivity contribution is 5.98. The Bertz CT molecular complexity index is 464. The summed E-state index contributed by atoms with van der Waals surface area (Å²) >= 11 is 0. The average molecular weight is 261 g/mol. The van der Waals surface area contributed by atoms with Gasteiger partial charge in [-0.2, -0.15) is 0 Å². The zero-order valence-electron chi connectivity index (χ0n) is 11.1. The molecule has 0 bridgehead atoms. The molecule has 1 aliphatic rings. The largest absolute Gasteiger partial charge is 0.465 e. The second-order valence-electron chi connectivity index (χ2n) is 4.88. The third kappa shape index (κ3) is 3.56. The van der Waals surface area contributed by atoms with Crippen molar-refractivity contribution >= 4 is 11.9 Å². The number of ether oxygens (including phenoxy) is 1. The molecule has 1 aromatic carbocycles. The molecule has 1 aliphatic carbocycles. The number of benzene rings is 1. The molecule has 0 heterocycles. The minimum absolute atomic E-state index is 0.113. The molecule has 4 nitrogen and oxygen atoms in total. The average Bonchev–Trinajstić information content (AvgIpc) is 2.47. The van der Waals surface area contributed by atoms with Gasteiger partial charge in [0.15, 0.2) is 0 Å². The van der Waals surface area contributed by atoms with Crippen molar-refractivity contribution in [2.75, 3.05) is 7.11 Å². The van der Waals surface area contributed by atoms with Crippen LogP contribution in [-0.4, -0.2) is 25.0 Å². The number of amides is 1. The molecule has 0 aromatic heterocycles. The summed E-state index contributed by atoms with van der Waals surface area (Å²) in [5, 5.41) is 3.03. The Morgan fingerprint density at radius 2 is 1.84 bits per heavy atom. The first-order valence-corrected chi connectivity index (χ1v) is 6.70. The Balaban J connectivity index is 2.04. The zero-order valence-corrected chi connectivity index (χ0v) is 11.1. The van der Waals surface area contributed by atoms with Crippen LogP contribution in [0.15, 0.2) is 24.3 Å². The molecule has 0 saturated heterocycles. The zero-order chi connectivity index (χ0) is 13.7. The highest BCUT2D eigenvalue weighted by atomic mass is 16.5. The second-order valence-corrected chi connectivity index (χ2v) is 4.88. The molecular formula is C15H19NO3. The number of rotatable bonds is 3. The van der Waals surface area contributed by atoms with Crippen LogP contribution in [0.5, 0.6) is 0 Å². The first kappa shape index (κ1) is 13.6. The first-order chi connectivity index (χ1) is 9.20. The fraction of sp³-hybridized carbons (Fsp3) is 0.467. The van der Waals surface area contributed by atoms with Crippen LogP contribution in [0.1, 0.15) is 52.8 Å². The van der Waals surface area contributed by atoms with E-state index in [1.165, 1.54) is 26.4 Å². The van der Waals surface area contributed by atoms with Gasteiger partial charge in [0.25, 0.3) is 5.91 Å². The number of hydrogen-bond donors (Lipinski definition) is 1. The van der Waals surface area contributed by atoms with E-state index in [4.69, 9.17) is 0 Å². The minimum atomic E-state index is -0.424. The van der Waals surface area contributed by atoms with Crippen LogP contribution in [0.25, 0.3) is 0 Å². The van der Waals surface area contributed by atoms with Crippen molar-refractivity contribution in [3.05, 3.63) is 35.4 Å². The summed E-state index contributed by atoms with van der Waals surface area (Å²) in [6.45, 7) is 0. The molecule has 0 atom stereocenters. The molecule has 1 saturated carbocycles. The topological polar surface area (TPSA) is 55.4 Å². The summed E-state index contributed by atoms with van der Waals surface area (Å²) < 4.78 is 4.65. The van der Waals surface area contributed by atoms with Crippen LogP contribution in [-0.2, 0) is 4.74 Å². The maximum Gasteiger partial charge on any atom is 0.337 e. The molecule has 1 amide bonds. The van der Waals surface area contributed by atoms with Crippen molar-refractivity contribution in [1.29, 1.82) is 0 Å². The number of hydrogen-bond acceptors (Lipinski definition) is 3. The molecular weight excluding hydrogens is 242 g/mol. The van der Waals surface area contributed by atoms with E-state index in [1.807, 2.05) is 0 Å². The number of esters is 1. The van der Waals surface area contributed by atoms with Crippen LogP contribution in [0, 0.1) is 0 Å². The van der Waals surface area contributed by atoms with E-state index in [0.29, 0.717) is 11.1 Å². The first-order valence-electron chi connectivity index (χ1n) is 6.70. The SMILES string of the molecule is COC(=O)c1cccc(C(=O)NC2CCCCC2)c1. The predicted molar refractivity (Wildman–Crippen MR) is 72.1 cm³/mol. The van der Waals surface area contributed by atoms with Crippen molar-refractivity contribution < 1.29 is 14.3 Å². The Morgan fingerprint density at radius 1 is 1.16 bits per heavy atom. The van der Waals surface area contributed by atoms with Crippen LogP contribution in [0.3, 0.4) is 0 Å². The molecule has 1 fully saturated rings. The van der Waals surface area contributed by atoms with Gasteiger partial charge in [-0.05, 0) is 31.0 Å². The number of carbonyl (C=O) groups excluding carboxylic acids is 2. The molecule has 0 radical (unpaired) electrons. The quantitative estimate of drug-likeness (QED) is 0.851. The van der Waals surface area contributed by atoms with Gasteiger partial charge in [0.2, 0.25) is 0 Å². The highest BCUT2D eigenvalue weighted by Gasteiger charge is 2.17. The lowest BCUT2D eigenvalue weighted by molar-refractivity contribution is 0.0600. The number of carbonyl (C=O) groups is 2. The monoisotopic (exact) mass is 261 g/mol. The lowest BCUT2D eigenvalue weighted by Gasteiger charge is -2.22. The Morgan fingerprint density at radius 3 is 2.53 bits per heavy atom. The molecule has 4 heteroatoms. The van der Waals surface area contributed by atoms with Crippen molar-refractivity contribution in [3.63, 3.8) is 0 Å². The van der Waals surface area contributed by atoms with Gasteiger partial charge in [0.05, 0.1) is 12.7 Å². The van der Waals surface area contributed by atoms with E-state index in [0.717, 1.165) is 12.8 Å². The summed E-state index contributed by atoms with van der Waals surface area (Å²) in [7, 11) is 1.33. The summed E-state index contributed by atoms with van der Waals surface area (Å²) in [6.07, 6.45) is 5.69. The standard InChI is InChI=1S/C15H19NO3/c1-19-15(18)12-7-5-6-11(10-12)14(17)16-13-8-3-2-4-9-13/h5-7,10,13H,2-4,8-9H2,1H3,(H,16,17). The van der Waals surface area contributed by atoms with E-state index in [1.54, 1.807) is 24.3 Å². The maximum atomic E-state index is 12.1. The molecule has 1 N–H and O–H groups in total. The Labute approximate surface area is 113 Å². The smallest absolute Gasteiger partial charge is 0.337 e. The predicted octanol–water partition coefficient (Wildman–Crippen LogP) is 2.54. The minimum Gasteiger partial charge on any atom is -0.465 e. The van der Waals surface area contributed by atoms with E-state index >= 15 is 0 Å². The van der Waals surface area contributed by atoms with Crippen molar-refractivity contribution in [2.45, 2.75) is 38.1 Å². The fourth-order valence-electron chi connectivity index (χ4n) is 2.42. The fourth-order valence-corrected chi connectivity index (χ4v) is 2.42. The van der Waals surface area contributed by atoms with Gasteiger partial charge in [-0.1, -0.05) is 25.3 Å². The molecule has 2 rings (SSSR count). The van der Waals surface area contributed by atoms with Gasteiger partial charge in [-0.3, -0.25) is 4.79 Å². The van der Waals surface area contributed by atoms with Crippen LogP contribution in [0.2, 0.25) is 0 Å². The van der Waals surface area contributed by atoms with Crippen LogP contribution in [0.4, 0.5) is 0 Å². The van der Waals surface area contributed by atoms with Gasteiger partial charge < -0.3 is 10.1 Å². The van der Waals surface area contributed by atoms with Crippen molar-refractivity contribution in [1.82, 2.24) is 5.32 Å². The van der Waals surface area contributed by atoms with Gasteiger partial charge in [-0.25, -0.2) is 4.79 Å². The van der Waals surface area contributed by atoms with Crippen LogP contribution < -0.4 is 5.32 Å². The van der Waals surface area contributed by atoms with Gasteiger partial charge in [0.1, 0.15) is 0 Å². The van der Waals surface area contributed by atoms with E-state index in [2.05, 4.69) is 10.1 Å². The molecule has 0 aliphatic heterocycles. The normalized spacial score (nSPS) is 15.8. The molecule has 19 heavy (non-hydrogen) atoms. The summed E-state index contributed by atoms with van der Waals surface area (Å²) in [5.74, 6) is -0.537. The molecule has 0 spiro atoms.